The zero-order chi connectivity index (χ0) is 10.8. The van der Waals surface area contributed by atoms with Gasteiger partial charge in [0.2, 0.25) is 0 Å². The van der Waals surface area contributed by atoms with Crippen LogP contribution >= 0.6 is 0 Å². The molecule has 0 unspecified atom stereocenters. The second-order valence-corrected chi connectivity index (χ2v) is 2.25. The first-order valence-corrected chi connectivity index (χ1v) is 4.21. The van der Waals surface area contributed by atoms with Gasteiger partial charge < -0.3 is 18.9 Å². The lowest BCUT2D eigenvalue weighted by Crippen LogP contribution is -2.14. The highest BCUT2D eigenvalue weighted by Gasteiger charge is 2.04. The minimum Gasteiger partial charge on any atom is -0.438 e. The monoisotopic (exact) mass is 206 g/mol. The largest absolute Gasteiger partial charge is 0.508 e. The van der Waals surface area contributed by atoms with Crippen molar-refractivity contribution in [1.82, 2.24) is 0 Å². The fraction of sp³-hybridized carbons (Fsp3) is 0.750. The molecule has 6 nitrogen and oxygen atoms in total. The summed E-state index contributed by atoms with van der Waals surface area (Å²) in [6, 6.07) is 0. The summed E-state index contributed by atoms with van der Waals surface area (Å²) in [6.45, 7) is 2.09. The molecule has 0 saturated carbocycles. The van der Waals surface area contributed by atoms with E-state index in [0.717, 1.165) is 6.42 Å². The van der Waals surface area contributed by atoms with Crippen molar-refractivity contribution in [2.75, 3.05) is 26.9 Å². The molecule has 0 rings (SSSR count). The average molecular weight is 206 g/mol. The predicted molar refractivity (Wildman–Crippen MR) is 45.9 cm³/mol. The summed E-state index contributed by atoms with van der Waals surface area (Å²) in [7, 11) is 1.19. The summed E-state index contributed by atoms with van der Waals surface area (Å²) < 4.78 is 17.8. The van der Waals surface area contributed by atoms with Gasteiger partial charge in [-0.2, -0.15) is 0 Å². The number of carbonyl (C=O) groups is 2. The van der Waals surface area contributed by atoms with Crippen LogP contribution in [0.3, 0.4) is 0 Å². The lowest BCUT2D eigenvalue weighted by molar-refractivity contribution is 0.0245. The number of rotatable bonds is 5. The number of ether oxygens (including phenoxy) is 4. The Balaban J connectivity index is 3.27. The smallest absolute Gasteiger partial charge is 0.438 e. The number of methoxy groups -OCH3 is 1. The third-order valence-electron chi connectivity index (χ3n) is 1.11. The van der Waals surface area contributed by atoms with Gasteiger partial charge in [-0.05, 0) is 6.42 Å². The first kappa shape index (κ1) is 12.5. The Morgan fingerprint density at radius 2 is 1.43 bits per heavy atom. The van der Waals surface area contributed by atoms with Crippen LogP contribution in [0.2, 0.25) is 0 Å². The molecular weight excluding hydrogens is 192 g/mol. The van der Waals surface area contributed by atoms with Crippen molar-refractivity contribution in [3.8, 4) is 0 Å². The van der Waals surface area contributed by atoms with Crippen LogP contribution in [0.5, 0.6) is 0 Å². The summed E-state index contributed by atoms with van der Waals surface area (Å²) >= 11 is 0. The number of hydrogen-bond donors (Lipinski definition) is 0. The quantitative estimate of drug-likeness (QED) is 0.499. The first-order valence-electron chi connectivity index (χ1n) is 4.21. The van der Waals surface area contributed by atoms with E-state index in [1.165, 1.54) is 7.11 Å². The third-order valence-corrected chi connectivity index (χ3v) is 1.11. The summed E-state index contributed by atoms with van der Waals surface area (Å²) in [5.74, 6) is 0. The fourth-order valence-corrected chi connectivity index (χ4v) is 0.536. The molecule has 0 heterocycles. The summed E-state index contributed by atoms with van der Waals surface area (Å²) in [5, 5.41) is 0. The molecule has 0 amide bonds. The van der Waals surface area contributed by atoms with Crippen LogP contribution < -0.4 is 0 Å². The Labute approximate surface area is 82.1 Å². The fourth-order valence-electron chi connectivity index (χ4n) is 0.536. The maximum Gasteiger partial charge on any atom is 0.508 e. The van der Waals surface area contributed by atoms with Crippen molar-refractivity contribution in [2.45, 2.75) is 13.3 Å². The standard InChI is InChI=1S/C8H14O6/c1-3-4-12-8(10)14-6-5-13-7(9)11-2/h3-6H2,1-2H3. The minimum absolute atomic E-state index is 0.0440. The molecule has 0 aliphatic heterocycles. The Bertz CT molecular complexity index is 179. The van der Waals surface area contributed by atoms with Gasteiger partial charge >= 0.3 is 12.3 Å². The van der Waals surface area contributed by atoms with E-state index in [0.29, 0.717) is 6.61 Å². The van der Waals surface area contributed by atoms with Crippen molar-refractivity contribution in [1.29, 1.82) is 0 Å². The van der Waals surface area contributed by atoms with Gasteiger partial charge in [0.1, 0.15) is 13.2 Å². The lowest BCUT2D eigenvalue weighted by atomic mass is 10.5. The van der Waals surface area contributed by atoms with Crippen LogP contribution in [0.15, 0.2) is 0 Å². The molecule has 0 bridgehead atoms. The zero-order valence-electron chi connectivity index (χ0n) is 8.28. The molecule has 0 aromatic carbocycles. The molecule has 0 N–H and O–H groups in total. The Hall–Kier alpha value is -1.46. The maximum absolute atomic E-state index is 10.7. The second-order valence-electron chi connectivity index (χ2n) is 2.25. The van der Waals surface area contributed by atoms with Gasteiger partial charge in [-0.15, -0.1) is 0 Å². The van der Waals surface area contributed by atoms with Crippen molar-refractivity contribution < 1.29 is 28.5 Å². The molecule has 0 radical (unpaired) electrons. The molecule has 0 saturated heterocycles. The van der Waals surface area contributed by atoms with E-state index in [9.17, 15) is 9.59 Å². The molecule has 14 heavy (non-hydrogen) atoms. The molecule has 0 spiro atoms. The van der Waals surface area contributed by atoms with Crippen molar-refractivity contribution >= 4 is 12.3 Å². The van der Waals surface area contributed by atoms with Gasteiger partial charge in [0.05, 0.1) is 13.7 Å². The number of carbonyl (C=O) groups excluding carboxylic acids is 2. The van der Waals surface area contributed by atoms with Crippen molar-refractivity contribution in [3.05, 3.63) is 0 Å². The molecule has 0 atom stereocenters. The van der Waals surface area contributed by atoms with Gasteiger partial charge in [0.25, 0.3) is 0 Å². The van der Waals surface area contributed by atoms with Crippen LogP contribution in [0.1, 0.15) is 13.3 Å². The minimum atomic E-state index is -0.810. The van der Waals surface area contributed by atoms with Crippen LogP contribution in [0.4, 0.5) is 9.59 Å². The lowest BCUT2D eigenvalue weighted by Gasteiger charge is -2.05. The Morgan fingerprint density at radius 3 is 1.93 bits per heavy atom. The van der Waals surface area contributed by atoms with Gasteiger partial charge in [0.15, 0.2) is 0 Å². The van der Waals surface area contributed by atoms with Gasteiger partial charge in [-0.1, -0.05) is 6.92 Å². The second kappa shape index (κ2) is 8.15. The highest BCUT2D eigenvalue weighted by atomic mass is 16.7. The van der Waals surface area contributed by atoms with E-state index in [1.54, 1.807) is 0 Å². The zero-order valence-corrected chi connectivity index (χ0v) is 8.28. The highest BCUT2D eigenvalue weighted by Crippen LogP contribution is 1.89. The third kappa shape index (κ3) is 7.20. The predicted octanol–water partition coefficient (Wildman–Crippen LogP) is 1.33. The number of hydrogen-bond acceptors (Lipinski definition) is 6. The summed E-state index contributed by atoms with van der Waals surface area (Å²) in [5.41, 5.74) is 0. The van der Waals surface area contributed by atoms with Gasteiger partial charge in [-0.25, -0.2) is 9.59 Å². The molecule has 0 aromatic heterocycles. The van der Waals surface area contributed by atoms with Crippen molar-refractivity contribution in [2.24, 2.45) is 0 Å². The van der Waals surface area contributed by atoms with E-state index in [2.05, 4.69) is 18.9 Å². The van der Waals surface area contributed by atoms with Crippen molar-refractivity contribution in [3.63, 3.8) is 0 Å². The molecule has 0 aliphatic carbocycles. The van der Waals surface area contributed by atoms with Crippen LogP contribution in [0.25, 0.3) is 0 Å². The van der Waals surface area contributed by atoms with Gasteiger partial charge in [0, 0.05) is 0 Å². The molecule has 0 aromatic rings. The summed E-state index contributed by atoms with van der Waals surface area (Å²) in [6.07, 6.45) is -0.843. The molecule has 0 fully saturated rings. The first-order chi connectivity index (χ1) is 6.70. The molecule has 82 valence electrons. The van der Waals surface area contributed by atoms with Gasteiger partial charge in [-0.3, -0.25) is 0 Å². The van der Waals surface area contributed by atoms with Crippen LogP contribution in [0, 0.1) is 0 Å². The molecular formula is C8H14O6. The Kier molecular flexibility index (Phi) is 7.30. The molecule has 6 heteroatoms. The van der Waals surface area contributed by atoms with E-state index < -0.39 is 12.3 Å². The van der Waals surface area contributed by atoms with E-state index in [-0.39, 0.29) is 13.2 Å². The Morgan fingerprint density at radius 1 is 0.929 bits per heavy atom. The molecule has 0 aliphatic rings. The van der Waals surface area contributed by atoms with E-state index in [1.807, 2.05) is 6.92 Å². The normalized spacial score (nSPS) is 9.00. The highest BCUT2D eigenvalue weighted by molar-refractivity contribution is 5.60. The maximum atomic E-state index is 10.7. The van der Waals surface area contributed by atoms with E-state index in [4.69, 9.17) is 0 Å². The summed E-state index contributed by atoms with van der Waals surface area (Å²) in [4.78, 5) is 21.1. The van der Waals surface area contributed by atoms with E-state index >= 15 is 0 Å². The van der Waals surface area contributed by atoms with Crippen LogP contribution in [-0.2, 0) is 18.9 Å². The van der Waals surface area contributed by atoms with Crippen LogP contribution in [-0.4, -0.2) is 39.2 Å². The SMILES string of the molecule is CCCOC(=O)OCCOC(=O)OC. The average Bonchev–Trinajstić information content (AvgIpc) is 2.21. The topological polar surface area (TPSA) is 71.1 Å².